The Bertz CT molecular complexity index is 610. The van der Waals surface area contributed by atoms with Crippen molar-refractivity contribution in [3.8, 4) is 0 Å². The Morgan fingerprint density at radius 1 is 1.19 bits per heavy atom. The third kappa shape index (κ3) is 4.13. The molecular weight excluding hydrogens is 262 g/mol. The number of hydrogen-bond donors (Lipinski definition) is 2. The molecule has 0 aliphatic rings. The Balaban J connectivity index is 2.05. The number of nitrogens with zero attached hydrogens (tertiary/aromatic N) is 1. The van der Waals surface area contributed by atoms with Gasteiger partial charge in [-0.1, -0.05) is 18.2 Å². The summed E-state index contributed by atoms with van der Waals surface area (Å²) < 4.78 is 0. The molecular formula is C17H21N3O. The molecule has 2 N–H and O–H groups in total. The van der Waals surface area contributed by atoms with Gasteiger partial charge >= 0.3 is 0 Å². The lowest BCUT2D eigenvalue weighted by molar-refractivity contribution is 0.0950. The smallest absolute Gasteiger partial charge is 0.251 e. The Kier molecular flexibility index (Phi) is 5.46. The van der Waals surface area contributed by atoms with E-state index in [2.05, 4.69) is 15.6 Å². The summed E-state index contributed by atoms with van der Waals surface area (Å²) in [7, 11) is 1.91. The molecule has 0 spiro atoms. The van der Waals surface area contributed by atoms with Crippen molar-refractivity contribution in [2.45, 2.75) is 19.9 Å². The number of nitrogens with one attached hydrogen (secondary N) is 2. The van der Waals surface area contributed by atoms with Gasteiger partial charge in [0.1, 0.15) is 0 Å². The van der Waals surface area contributed by atoms with Crippen LogP contribution in [0.5, 0.6) is 0 Å². The van der Waals surface area contributed by atoms with E-state index in [0.717, 1.165) is 35.2 Å². The van der Waals surface area contributed by atoms with Crippen LogP contribution in [0.2, 0.25) is 0 Å². The molecule has 21 heavy (non-hydrogen) atoms. The highest BCUT2D eigenvalue weighted by Gasteiger charge is 2.10. The molecule has 0 aliphatic carbocycles. The number of carbonyl (C=O) groups excluding carboxylic acids is 1. The van der Waals surface area contributed by atoms with Crippen LogP contribution in [-0.4, -0.2) is 24.5 Å². The monoisotopic (exact) mass is 283 g/mol. The third-order valence-electron chi connectivity index (χ3n) is 3.48. The molecule has 4 heteroatoms. The maximum atomic E-state index is 12.4. The number of amides is 1. The number of carbonyl (C=O) groups is 1. The average molecular weight is 283 g/mol. The minimum Gasteiger partial charge on any atom is -0.348 e. The predicted octanol–water partition coefficient (Wildman–Crippen LogP) is 2.08. The van der Waals surface area contributed by atoms with Gasteiger partial charge in [-0.25, -0.2) is 0 Å². The first kappa shape index (κ1) is 15.2. The van der Waals surface area contributed by atoms with Crippen molar-refractivity contribution in [2.75, 3.05) is 13.6 Å². The van der Waals surface area contributed by atoms with Crippen molar-refractivity contribution < 1.29 is 4.79 Å². The van der Waals surface area contributed by atoms with Crippen molar-refractivity contribution in [2.24, 2.45) is 0 Å². The maximum absolute atomic E-state index is 12.4. The summed E-state index contributed by atoms with van der Waals surface area (Å²) in [5.41, 5.74) is 3.99. The molecule has 1 amide bonds. The number of pyridine rings is 1. The lowest BCUT2D eigenvalue weighted by Crippen LogP contribution is -2.25. The van der Waals surface area contributed by atoms with Gasteiger partial charge in [0.15, 0.2) is 0 Å². The summed E-state index contributed by atoms with van der Waals surface area (Å²) in [6, 6.07) is 9.68. The second-order valence-corrected chi connectivity index (χ2v) is 5.00. The van der Waals surface area contributed by atoms with E-state index in [4.69, 9.17) is 0 Å². The van der Waals surface area contributed by atoms with Gasteiger partial charge in [0.2, 0.25) is 0 Å². The fraction of sp³-hybridized carbons (Fsp3) is 0.294. The van der Waals surface area contributed by atoms with Gasteiger partial charge in [0.25, 0.3) is 5.91 Å². The topological polar surface area (TPSA) is 54.0 Å². The Morgan fingerprint density at radius 3 is 2.76 bits per heavy atom. The summed E-state index contributed by atoms with van der Waals surface area (Å²) in [6.45, 7) is 3.37. The lowest BCUT2D eigenvalue weighted by atomic mass is 10.0. The van der Waals surface area contributed by atoms with E-state index in [-0.39, 0.29) is 5.91 Å². The van der Waals surface area contributed by atoms with E-state index >= 15 is 0 Å². The van der Waals surface area contributed by atoms with Crippen LogP contribution in [0.4, 0.5) is 0 Å². The van der Waals surface area contributed by atoms with Crippen LogP contribution in [0.25, 0.3) is 0 Å². The molecule has 4 nitrogen and oxygen atoms in total. The summed E-state index contributed by atoms with van der Waals surface area (Å²) in [5.74, 6) is -0.0297. The third-order valence-corrected chi connectivity index (χ3v) is 3.48. The van der Waals surface area contributed by atoms with Crippen LogP contribution in [-0.2, 0) is 13.0 Å². The Morgan fingerprint density at radius 2 is 2.00 bits per heavy atom. The van der Waals surface area contributed by atoms with Gasteiger partial charge in [-0.05, 0) is 55.8 Å². The molecule has 0 atom stereocenters. The van der Waals surface area contributed by atoms with Gasteiger partial charge in [-0.15, -0.1) is 0 Å². The second kappa shape index (κ2) is 7.55. The number of benzene rings is 1. The van der Waals surface area contributed by atoms with Gasteiger partial charge in [-0.3, -0.25) is 9.78 Å². The maximum Gasteiger partial charge on any atom is 0.251 e. The highest BCUT2D eigenvalue weighted by atomic mass is 16.1. The molecule has 2 rings (SSSR count). The molecule has 0 bridgehead atoms. The van der Waals surface area contributed by atoms with Crippen molar-refractivity contribution in [1.82, 2.24) is 15.6 Å². The minimum absolute atomic E-state index is 0.0297. The Labute approximate surface area is 125 Å². The quantitative estimate of drug-likeness (QED) is 0.853. The SMILES string of the molecule is CNCCc1ccccc1C(=O)NCc1ccncc1C. The molecule has 1 heterocycles. The zero-order valence-corrected chi connectivity index (χ0v) is 12.5. The Hall–Kier alpha value is -2.20. The highest BCUT2D eigenvalue weighted by molar-refractivity contribution is 5.95. The fourth-order valence-corrected chi connectivity index (χ4v) is 2.19. The number of rotatable bonds is 6. The van der Waals surface area contributed by atoms with Crippen LogP contribution in [0, 0.1) is 6.92 Å². The molecule has 0 unspecified atom stereocenters. The van der Waals surface area contributed by atoms with Crippen LogP contribution < -0.4 is 10.6 Å². The van der Waals surface area contributed by atoms with Crippen molar-refractivity contribution in [3.63, 3.8) is 0 Å². The van der Waals surface area contributed by atoms with E-state index in [0.29, 0.717) is 6.54 Å². The molecule has 0 fully saturated rings. The minimum atomic E-state index is -0.0297. The van der Waals surface area contributed by atoms with Crippen molar-refractivity contribution in [1.29, 1.82) is 0 Å². The van der Waals surface area contributed by atoms with Crippen LogP contribution >= 0.6 is 0 Å². The summed E-state index contributed by atoms with van der Waals surface area (Å²) in [5, 5.41) is 6.09. The highest BCUT2D eigenvalue weighted by Crippen LogP contribution is 2.10. The molecule has 0 saturated heterocycles. The van der Waals surface area contributed by atoms with Gasteiger partial charge in [-0.2, -0.15) is 0 Å². The number of aryl methyl sites for hydroxylation is 1. The van der Waals surface area contributed by atoms with E-state index in [1.54, 1.807) is 6.20 Å². The normalized spacial score (nSPS) is 10.4. The molecule has 1 aromatic heterocycles. The van der Waals surface area contributed by atoms with Crippen molar-refractivity contribution >= 4 is 5.91 Å². The van der Waals surface area contributed by atoms with E-state index in [1.165, 1.54) is 0 Å². The van der Waals surface area contributed by atoms with Crippen molar-refractivity contribution in [3.05, 3.63) is 65.0 Å². The fourth-order valence-electron chi connectivity index (χ4n) is 2.19. The summed E-state index contributed by atoms with van der Waals surface area (Å²) in [4.78, 5) is 16.4. The number of aromatic nitrogens is 1. The van der Waals surface area contributed by atoms with Crippen LogP contribution in [0.3, 0.4) is 0 Å². The van der Waals surface area contributed by atoms with Crippen LogP contribution in [0.1, 0.15) is 27.0 Å². The van der Waals surface area contributed by atoms with E-state index < -0.39 is 0 Å². The van der Waals surface area contributed by atoms with Gasteiger partial charge in [0, 0.05) is 24.5 Å². The van der Waals surface area contributed by atoms with Gasteiger partial charge < -0.3 is 10.6 Å². The van der Waals surface area contributed by atoms with E-state index in [1.807, 2.05) is 50.5 Å². The first-order valence-electron chi connectivity index (χ1n) is 7.12. The average Bonchev–Trinajstić information content (AvgIpc) is 2.52. The molecule has 110 valence electrons. The van der Waals surface area contributed by atoms with Crippen LogP contribution in [0.15, 0.2) is 42.7 Å². The second-order valence-electron chi connectivity index (χ2n) is 5.00. The first-order valence-corrected chi connectivity index (χ1v) is 7.12. The summed E-state index contributed by atoms with van der Waals surface area (Å²) in [6.07, 6.45) is 4.39. The zero-order valence-electron chi connectivity index (χ0n) is 12.5. The van der Waals surface area contributed by atoms with E-state index in [9.17, 15) is 4.79 Å². The molecule has 0 saturated carbocycles. The molecule has 0 radical (unpaired) electrons. The molecule has 1 aromatic carbocycles. The number of likely N-dealkylation sites (N-methyl/N-ethyl adjacent to an activating group) is 1. The number of hydrogen-bond acceptors (Lipinski definition) is 3. The largest absolute Gasteiger partial charge is 0.348 e. The predicted molar refractivity (Wildman–Crippen MR) is 84.2 cm³/mol. The lowest BCUT2D eigenvalue weighted by Gasteiger charge is -2.11. The standard InChI is InChI=1S/C17H21N3O/c1-13-11-19-10-8-15(13)12-20-17(21)16-6-4-3-5-14(16)7-9-18-2/h3-6,8,10-11,18H,7,9,12H2,1-2H3,(H,20,21). The molecule has 2 aromatic rings. The van der Waals surface area contributed by atoms with Gasteiger partial charge in [0.05, 0.1) is 0 Å². The molecule has 0 aliphatic heterocycles. The zero-order chi connectivity index (χ0) is 15.1. The first-order chi connectivity index (χ1) is 10.2. The summed E-state index contributed by atoms with van der Waals surface area (Å²) >= 11 is 0.